The number of carbonyl (C=O) groups is 2. The molecule has 0 saturated heterocycles. The third kappa shape index (κ3) is 9.08. The molecule has 0 aliphatic carbocycles. The van der Waals surface area contributed by atoms with Crippen LogP contribution in [0.25, 0.3) is 0 Å². The molecule has 33 heavy (non-hydrogen) atoms. The lowest BCUT2D eigenvalue weighted by Crippen LogP contribution is -2.28. The summed E-state index contributed by atoms with van der Waals surface area (Å²) < 4.78 is 23.4. The Morgan fingerprint density at radius 1 is 0.909 bits per heavy atom. The predicted octanol–water partition coefficient (Wildman–Crippen LogP) is 4.24. The number of nitrogens with one attached hydrogen (secondary N) is 2. The van der Waals surface area contributed by atoms with E-state index in [1.807, 2.05) is 30.3 Å². The fourth-order valence-electron chi connectivity index (χ4n) is 2.95. The van der Waals surface area contributed by atoms with E-state index in [4.69, 9.17) is 9.47 Å². The highest BCUT2D eigenvalue weighted by Gasteiger charge is 2.05. The standard InChI is InChI=1S/C25H26FN3O4/c26-22-9-5-20(6-10-22)16-32-18-24(30)28-14-2-3-19-7-11-23(12-8-19)29-25(31)33-17-21-4-1-13-27-15-21/h1,4-13,15H,2-3,14,16-18H2,(H,28,30)(H,29,31). The molecule has 3 aromatic rings. The maximum Gasteiger partial charge on any atom is 0.411 e. The van der Waals surface area contributed by atoms with Crippen molar-refractivity contribution in [1.29, 1.82) is 0 Å². The van der Waals surface area contributed by atoms with Gasteiger partial charge in [-0.25, -0.2) is 9.18 Å². The summed E-state index contributed by atoms with van der Waals surface area (Å²) >= 11 is 0. The molecule has 0 saturated carbocycles. The van der Waals surface area contributed by atoms with Crippen molar-refractivity contribution in [2.45, 2.75) is 26.1 Å². The number of anilines is 1. The Labute approximate surface area is 192 Å². The minimum Gasteiger partial charge on any atom is -0.444 e. The molecule has 0 radical (unpaired) electrons. The maximum absolute atomic E-state index is 12.9. The van der Waals surface area contributed by atoms with E-state index in [-0.39, 0.29) is 31.5 Å². The van der Waals surface area contributed by atoms with E-state index in [9.17, 15) is 14.0 Å². The fourth-order valence-corrected chi connectivity index (χ4v) is 2.95. The van der Waals surface area contributed by atoms with Crippen molar-refractivity contribution in [2.75, 3.05) is 18.5 Å². The van der Waals surface area contributed by atoms with Crippen LogP contribution in [0.15, 0.2) is 73.1 Å². The molecule has 0 aliphatic rings. The average Bonchev–Trinajstić information content (AvgIpc) is 2.83. The summed E-state index contributed by atoms with van der Waals surface area (Å²) in [4.78, 5) is 27.7. The van der Waals surface area contributed by atoms with Gasteiger partial charge >= 0.3 is 6.09 Å². The van der Waals surface area contributed by atoms with Gasteiger partial charge in [-0.2, -0.15) is 0 Å². The number of aryl methyl sites for hydroxylation is 1. The number of halogens is 1. The second-order valence-electron chi connectivity index (χ2n) is 7.33. The third-order valence-corrected chi connectivity index (χ3v) is 4.67. The van der Waals surface area contributed by atoms with Crippen molar-refractivity contribution >= 4 is 17.7 Å². The molecule has 2 aromatic carbocycles. The molecule has 0 spiro atoms. The van der Waals surface area contributed by atoms with Crippen molar-refractivity contribution in [2.24, 2.45) is 0 Å². The van der Waals surface area contributed by atoms with Crippen LogP contribution in [0.2, 0.25) is 0 Å². The van der Waals surface area contributed by atoms with Gasteiger partial charge in [0.15, 0.2) is 0 Å². The fraction of sp³-hybridized carbons (Fsp3) is 0.240. The Bertz CT molecular complexity index is 1010. The number of amides is 2. The highest BCUT2D eigenvalue weighted by Crippen LogP contribution is 2.12. The smallest absolute Gasteiger partial charge is 0.411 e. The molecule has 0 atom stereocenters. The lowest BCUT2D eigenvalue weighted by atomic mass is 10.1. The molecule has 0 bridgehead atoms. The van der Waals surface area contributed by atoms with Crippen LogP contribution in [0, 0.1) is 5.82 Å². The van der Waals surface area contributed by atoms with Crippen molar-refractivity contribution in [3.63, 3.8) is 0 Å². The highest BCUT2D eigenvalue weighted by molar-refractivity contribution is 5.84. The van der Waals surface area contributed by atoms with Gasteiger partial charge in [0.25, 0.3) is 0 Å². The summed E-state index contributed by atoms with van der Waals surface area (Å²) in [5.74, 6) is -0.497. The first-order valence-electron chi connectivity index (χ1n) is 10.6. The van der Waals surface area contributed by atoms with Crippen LogP contribution in [-0.2, 0) is 33.9 Å². The molecule has 1 heterocycles. The normalized spacial score (nSPS) is 10.5. The van der Waals surface area contributed by atoms with Gasteiger partial charge < -0.3 is 14.8 Å². The lowest BCUT2D eigenvalue weighted by Gasteiger charge is -2.09. The number of benzene rings is 2. The van der Waals surface area contributed by atoms with E-state index in [0.717, 1.165) is 29.5 Å². The first kappa shape index (κ1) is 23.9. The topological polar surface area (TPSA) is 89.6 Å². The minimum atomic E-state index is -0.532. The second-order valence-corrected chi connectivity index (χ2v) is 7.33. The Hall–Kier alpha value is -3.78. The zero-order valence-corrected chi connectivity index (χ0v) is 18.1. The van der Waals surface area contributed by atoms with Crippen molar-refractivity contribution < 1.29 is 23.5 Å². The Balaban J connectivity index is 1.27. The molecule has 1 aromatic heterocycles. The molecular formula is C25H26FN3O4. The zero-order chi connectivity index (χ0) is 23.3. The van der Waals surface area contributed by atoms with E-state index >= 15 is 0 Å². The summed E-state index contributed by atoms with van der Waals surface area (Å²) in [6.45, 7) is 0.889. The Kier molecular flexibility index (Phi) is 9.35. The largest absolute Gasteiger partial charge is 0.444 e. The summed E-state index contributed by atoms with van der Waals surface area (Å²) in [5, 5.41) is 5.50. The van der Waals surface area contributed by atoms with Gasteiger partial charge in [0.2, 0.25) is 5.91 Å². The van der Waals surface area contributed by atoms with E-state index in [1.54, 1.807) is 30.6 Å². The SMILES string of the molecule is O=C(COCc1ccc(F)cc1)NCCCc1ccc(NC(=O)OCc2cccnc2)cc1. The van der Waals surface area contributed by atoms with Crippen LogP contribution in [0.1, 0.15) is 23.1 Å². The first-order valence-corrected chi connectivity index (χ1v) is 10.6. The number of hydrogen-bond donors (Lipinski definition) is 2. The van der Waals surface area contributed by atoms with Crippen LogP contribution in [0.3, 0.4) is 0 Å². The van der Waals surface area contributed by atoms with Crippen molar-refractivity contribution in [1.82, 2.24) is 10.3 Å². The number of pyridine rings is 1. The maximum atomic E-state index is 12.9. The molecule has 0 aliphatic heterocycles. The Morgan fingerprint density at radius 2 is 1.67 bits per heavy atom. The number of rotatable bonds is 11. The molecular weight excluding hydrogens is 425 g/mol. The number of aromatic nitrogens is 1. The van der Waals surface area contributed by atoms with E-state index in [0.29, 0.717) is 12.2 Å². The molecule has 172 valence electrons. The van der Waals surface area contributed by atoms with Gasteiger partial charge in [-0.15, -0.1) is 0 Å². The second kappa shape index (κ2) is 12.9. The molecule has 2 N–H and O–H groups in total. The number of carbonyl (C=O) groups excluding carboxylic acids is 2. The van der Waals surface area contributed by atoms with Gasteiger partial charge in [-0.3, -0.25) is 15.1 Å². The monoisotopic (exact) mass is 451 g/mol. The van der Waals surface area contributed by atoms with Crippen molar-refractivity contribution in [3.05, 3.63) is 95.6 Å². The first-order chi connectivity index (χ1) is 16.1. The predicted molar refractivity (Wildman–Crippen MR) is 122 cm³/mol. The van der Waals surface area contributed by atoms with Crippen LogP contribution >= 0.6 is 0 Å². The van der Waals surface area contributed by atoms with E-state index < -0.39 is 6.09 Å². The summed E-state index contributed by atoms with van der Waals surface area (Å²) in [7, 11) is 0. The van der Waals surface area contributed by atoms with Gasteiger partial charge in [-0.05, 0) is 54.3 Å². The lowest BCUT2D eigenvalue weighted by molar-refractivity contribution is -0.126. The minimum absolute atomic E-state index is 0.0470. The third-order valence-electron chi connectivity index (χ3n) is 4.67. The molecule has 2 amide bonds. The number of hydrogen-bond acceptors (Lipinski definition) is 5. The Morgan fingerprint density at radius 3 is 2.39 bits per heavy atom. The molecule has 0 unspecified atom stereocenters. The quantitative estimate of drug-likeness (QED) is 0.426. The van der Waals surface area contributed by atoms with Gasteiger partial charge in [0, 0.05) is 30.2 Å². The molecule has 3 rings (SSSR count). The average molecular weight is 451 g/mol. The number of nitrogens with zero attached hydrogens (tertiary/aromatic N) is 1. The van der Waals surface area contributed by atoms with Crippen LogP contribution < -0.4 is 10.6 Å². The van der Waals surface area contributed by atoms with Gasteiger partial charge in [0.05, 0.1) is 6.61 Å². The van der Waals surface area contributed by atoms with Crippen LogP contribution in [-0.4, -0.2) is 30.1 Å². The molecule has 7 nitrogen and oxygen atoms in total. The summed E-state index contributed by atoms with van der Waals surface area (Å²) in [6.07, 6.45) is 4.32. The summed E-state index contributed by atoms with van der Waals surface area (Å²) in [6, 6.07) is 17.0. The zero-order valence-electron chi connectivity index (χ0n) is 18.1. The van der Waals surface area contributed by atoms with Gasteiger partial charge in [-0.1, -0.05) is 30.3 Å². The van der Waals surface area contributed by atoms with Crippen LogP contribution in [0.5, 0.6) is 0 Å². The molecule has 8 heteroatoms. The molecule has 0 fully saturated rings. The number of ether oxygens (including phenoxy) is 2. The van der Waals surface area contributed by atoms with E-state index in [1.165, 1.54) is 12.1 Å². The summed E-state index contributed by atoms with van der Waals surface area (Å²) in [5.41, 5.74) is 3.35. The van der Waals surface area contributed by atoms with Gasteiger partial charge in [0.1, 0.15) is 19.0 Å². The van der Waals surface area contributed by atoms with Crippen LogP contribution in [0.4, 0.5) is 14.9 Å². The van der Waals surface area contributed by atoms with E-state index in [2.05, 4.69) is 15.6 Å². The van der Waals surface area contributed by atoms with Crippen molar-refractivity contribution in [3.8, 4) is 0 Å². The highest BCUT2D eigenvalue weighted by atomic mass is 19.1.